The molecule has 0 radical (unpaired) electrons. The molecule has 1 aliphatic rings. The maximum atomic E-state index is 12.9. The molecule has 1 atom stereocenters. The topological polar surface area (TPSA) is 95.6 Å². The van der Waals surface area contributed by atoms with Gasteiger partial charge in [-0.1, -0.05) is 32.9 Å². The largest absolute Gasteiger partial charge is 0.351 e. The van der Waals surface area contributed by atoms with E-state index in [0.29, 0.717) is 37.9 Å². The standard InChI is InChI=1S/C23H37N3O4S2/c1-6-32(29,30)26-14-11-19(12-15-26)24-22(28)20(13-16-31-5)25-21(27)17-7-9-18(10-8-17)23(2,3)4/h7-10,19-20H,6,11-16H2,1-5H3,(H,24,28)(H,25,27)/t20-/m0/s1. The third-order valence-corrected chi connectivity index (χ3v) is 8.33. The van der Waals surface area contributed by atoms with Crippen LogP contribution in [0.15, 0.2) is 24.3 Å². The molecule has 2 N–H and O–H groups in total. The van der Waals surface area contributed by atoms with E-state index >= 15 is 0 Å². The molecule has 1 saturated heterocycles. The van der Waals surface area contributed by atoms with Crippen LogP contribution in [0, 0.1) is 0 Å². The zero-order valence-corrected chi connectivity index (χ0v) is 21.4. The predicted molar refractivity (Wildman–Crippen MR) is 132 cm³/mol. The zero-order valence-electron chi connectivity index (χ0n) is 19.8. The molecule has 0 aromatic heterocycles. The fourth-order valence-corrected chi connectivity index (χ4v) is 5.23. The van der Waals surface area contributed by atoms with Gasteiger partial charge in [0, 0.05) is 24.7 Å². The summed E-state index contributed by atoms with van der Waals surface area (Å²) in [5, 5.41) is 5.91. The monoisotopic (exact) mass is 483 g/mol. The number of carbonyl (C=O) groups excluding carboxylic acids is 2. The van der Waals surface area contributed by atoms with Crippen LogP contribution in [-0.4, -0.2) is 67.5 Å². The molecule has 0 bridgehead atoms. The Labute approximate surface area is 197 Å². The zero-order chi connectivity index (χ0) is 23.9. The highest BCUT2D eigenvalue weighted by molar-refractivity contribution is 7.98. The highest BCUT2D eigenvalue weighted by Gasteiger charge is 2.29. The summed E-state index contributed by atoms with van der Waals surface area (Å²) in [6.07, 6.45) is 3.64. The highest BCUT2D eigenvalue weighted by atomic mass is 32.2. The van der Waals surface area contributed by atoms with Gasteiger partial charge in [-0.2, -0.15) is 11.8 Å². The van der Waals surface area contributed by atoms with Gasteiger partial charge < -0.3 is 10.6 Å². The van der Waals surface area contributed by atoms with Gasteiger partial charge in [-0.15, -0.1) is 0 Å². The van der Waals surface area contributed by atoms with E-state index in [4.69, 9.17) is 0 Å². The van der Waals surface area contributed by atoms with E-state index in [2.05, 4.69) is 31.4 Å². The third-order valence-electron chi connectivity index (χ3n) is 5.80. The first-order chi connectivity index (χ1) is 15.0. The van der Waals surface area contributed by atoms with Gasteiger partial charge >= 0.3 is 0 Å². The number of amides is 2. The van der Waals surface area contributed by atoms with Gasteiger partial charge in [0.05, 0.1) is 5.75 Å². The Morgan fingerprint density at radius 1 is 1.16 bits per heavy atom. The normalized spacial score (nSPS) is 17.0. The van der Waals surface area contributed by atoms with Crippen LogP contribution in [0.5, 0.6) is 0 Å². The molecule has 0 saturated carbocycles. The molecule has 1 aliphatic heterocycles. The average molecular weight is 484 g/mol. The number of rotatable bonds is 9. The summed E-state index contributed by atoms with van der Waals surface area (Å²) in [4.78, 5) is 25.7. The van der Waals surface area contributed by atoms with Gasteiger partial charge in [-0.25, -0.2) is 12.7 Å². The summed E-state index contributed by atoms with van der Waals surface area (Å²) in [6.45, 7) is 8.80. The first-order valence-corrected chi connectivity index (χ1v) is 14.2. The number of piperidine rings is 1. The van der Waals surface area contributed by atoms with Crippen molar-refractivity contribution in [1.82, 2.24) is 14.9 Å². The number of hydrogen-bond acceptors (Lipinski definition) is 5. The van der Waals surface area contributed by atoms with E-state index in [-0.39, 0.29) is 29.0 Å². The van der Waals surface area contributed by atoms with Crippen molar-refractivity contribution < 1.29 is 18.0 Å². The minimum absolute atomic E-state index is 0.00180. The molecule has 0 unspecified atom stereocenters. The molecule has 0 aliphatic carbocycles. The Kier molecular flexibility index (Phi) is 9.60. The molecule has 7 nitrogen and oxygen atoms in total. The van der Waals surface area contributed by atoms with Crippen LogP contribution in [0.3, 0.4) is 0 Å². The lowest BCUT2D eigenvalue weighted by atomic mass is 9.86. The van der Waals surface area contributed by atoms with Gasteiger partial charge in [-0.3, -0.25) is 9.59 Å². The Balaban J connectivity index is 1.98. The fourth-order valence-electron chi connectivity index (χ4n) is 3.63. The molecule has 1 heterocycles. The van der Waals surface area contributed by atoms with Crippen molar-refractivity contribution in [3.05, 3.63) is 35.4 Å². The van der Waals surface area contributed by atoms with Crippen molar-refractivity contribution in [3.63, 3.8) is 0 Å². The quantitative estimate of drug-likeness (QED) is 0.563. The van der Waals surface area contributed by atoms with E-state index in [0.717, 1.165) is 11.3 Å². The highest BCUT2D eigenvalue weighted by Crippen LogP contribution is 2.22. The summed E-state index contributed by atoms with van der Waals surface area (Å²) in [5.41, 5.74) is 1.67. The maximum Gasteiger partial charge on any atom is 0.251 e. The summed E-state index contributed by atoms with van der Waals surface area (Å²) >= 11 is 1.62. The average Bonchev–Trinajstić information content (AvgIpc) is 2.76. The van der Waals surface area contributed by atoms with Crippen LogP contribution in [0.2, 0.25) is 0 Å². The van der Waals surface area contributed by atoms with Crippen LogP contribution in [0.25, 0.3) is 0 Å². The molecule has 2 rings (SSSR count). The molecule has 1 fully saturated rings. The Morgan fingerprint density at radius 2 is 1.75 bits per heavy atom. The van der Waals surface area contributed by atoms with Gasteiger partial charge in [0.1, 0.15) is 6.04 Å². The molecule has 1 aromatic carbocycles. The predicted octanol–water partition coefficient (Wildman–Crippen LogP) is 2.77. The smallest absolute Gasteiger partial charge is 0.251 e. The summed E-state index contributed by atoms with van der Waals surface area (Å²) in [5.74, 6) is 0.351. The Bertz CT molecular complexity index is 871. The van der Waals surface area contributed by atoms with Gasteiger partial charge in [0.2, 0.25) is 15.9 Å². The number of nitrogens with one attached hydrogen (secondary N) is 2. The molecule has 180 valence electrons. The molecular weight excluding hydrogens is 446 g/mol. The number of thioether (sulfide) groups is 1. The fraction of sp³-hybridized carbons (Fsp3) is 0.652. The summed E-state index contributed by atoms with van der Waals surface area (Å²) < 4.78 is 25.6. The second-order valence-electron chi connectivity index (χ2n) is 9.22. The lowest BCUT2D eigenvalue weighted by Gasteiger charge is -2.32. The third kappa shape index (κ3) is 7.49. The molecule has 1 aromatic rings. The second kappa shape index (κ2) is 11.5. The van der Waals surface area contributed by atoms with Crippen LogP contribution < -0.4 is 10.6 Å². The Hall–Kier alpha value is -1.58. The van der Waals surface area contributed by atoms with Crippen molar-refractivity contribution in [2.45, 2.75) is 64.5 Å². The second-order valence-corrected chi connectivity index (χ2v) is 12.5. The van der Waals surface area contributed by atoms with Crippen molar-refractivity contribution in [1.29, 1.82) is 0 Å². The van der Waals surface area contributed by atoms with E-state index in [1.165, 1.54) is 4.31 Å². The first-order valence-electron chi connectivity index (χ1n) is 11.2. The number of sulfonamides is 1. The van der Waals surface area contributed by atoms with Crippen LogP contribution in [0.4, 0.5) is 0 Å². The SMILES string of the molecule is CCS(=O)(=O)N1CCC(NC(=O)[C@H](CCSC)NC(=O)c2ccc(C(C)(C)C)cc2)CC1. The van der Waals surface area contributed by atoms with Crippen molar-refractivity contribution in [3.8, 4) is 0 Å². The number of benzene rings is 1. The van der Waals surface area contributed by atoms with Crippen LogP contribution in [0.1, 0.15) is 62.9 Å². The van der Waals surface area contributed by atoms with Crippen molar-refractivity contribution in [2.24, 2.45) is 0 Å². The lowest BCUT2D eigenvalue weighted by Crippen LogP contribution is -2.53. The first kappa shape index (κ1) is 26.7. The molecule has 9 heteroatoms. The van der Waals surface area contributed by atoms with E-state index in [1.807, 2.05) is 18.4 Å². The van der Waals surface area contributed by atoms with E-state index in [9.17, 15) is 18.0 Å². The van der Waals surface area contributed by atoms with E-state index in [1.54, 1.807) is 30.8 Å². The van der Waals surface area contributed by atoms with Gasteiger partial charge in [0.25, 0.3) is 5.91 Å². The summed E-state index contributed by atoms with van der Waals surface area (Å²) in [6, 6.07) is 6.76. The van der Waals surface area contributed by atoms with Crippen LogP contribution in [-0.2, 0) is 20.2 Å². The molecular formula is C23H37N3O4S2. The number of carbonyl (C=O) groups is 2. The minimum atomic E-state index is -3.20. The van der Waals surface area contributed by atoms with Crippen LogP contribution >= 0.6 is 11.8 Å². The molecule has 2 amide bonds. The van der Waals surface area contributed by atoms with Crippen molar-refractivity contribution in [2.75, 3.05) is 30.9 Å². The summed E-state index contributed by atoms with van der Waals surface area (Å²) in [7, 11) is -3.20. The van der Waals surface area contributed by atoms with Gasteiger partial charge in [0.15, 0.2) is 0 Å². The lowest BCUT2D eigenvalue weighted by molar-refractivity contribution is -0.124. The number of nitrogens with zero attached hydrogens (tertiary/aromatic N) is 1. The van der Waals surface area contributed by atoms with Gasteiger partial charge in [-0.05, 0) is 61.3 Å². The molecule has 0 spiro atoms. The maximum absolute atomic E-state index is 12.9. The Morgan fingerprint density at radius 3 is 2.25 bits per heavy atom. The number of hydrogen-bond donors (Lipinski definition) is 2. The minimum Gasteiger partial charge on any atom is -0.351 e. The van der Waals surface area contributed by atoms with Crippen molar-refractivity contribution >= 4 is 33.6 Å². The van der Waals surface area contributed by atoms with E-state index < -0.39 is 16.1 Å². The molecule has 32 heavy (non-hydrogen) atoms.